The summed E-state index contributed by atoms with van der Waals surface area (Å²) in [6.07, 6.45) is 1.34. The van der Waals surface area contributed by atoms with E-state index in [-0.39, 0.29) is 23.4 Å². The molecule has 0 spiro atoms. The van der Waals surface area contributed by atoms with Crippen LogP contribution in [0.4, 0.5) is 8.78 Å². The van der Waals surface area contributed by atoms with Crippen LogP contribution in [0.25, 0.3) is 10.9 Å². The van der Waals surface area contributed by atoms with Gasteiger partial charge in [0, 0.05) is 12.1 Å². The number of aromatic nitrogens is 2. The number of carbonyl (C=O) groups is 1. The fourth-order valence-corrected chi connectivity index (χ4v) is 3.28. The lowest BCUT2D eigenvalue weighted by atomic mass is 10.1. The molecule has 32 heavy (non-hydrogen) atoms. The number of ether oxygens (including phenoxy) is 1. The summed E-state index contributed by atoms with van der Waals surface area (Å²) in [5.74, 6) is -1.55. The third-order valence-electron chi connectivity index (χ3n) is 5.04. The lowest BCUT2D eigenvalue weighted by Gasteiger charge is -2.09. The van der Waals surface area contributed by atoms with Crippen molar-refractivity contribution < 1.29 is 18.3 Å². The van der Waals surface area contributed by atoms with E-state index in [1.54, 1.807) is 31.4 Å². The van der Waals surface area contributed by atoms with Crippen molar-refractivity contribution in [3.05, 3.63) is 106 Å². The Morgan fingerprint density at radius 1 is 1.00 bits per heavy atom. The van der Waals surface area contributed by atoms with Gasteiger partial charge in [-0.1, -0.05) is 18.2 Å². The van der Waals surface area contributed by atoms with Crippen molar-refractivity contribution in [1.29, 1.82) is 0 Å². The van der Waals surface area contributed by atoms with E-state index in [0.717, 1.165) is 23.4 Å². The molecule has 0 bridgehead atoms. The zero-order chi connectivity index (χ0) is 22.7. The van der Waals surface area contributed by atoms with Gasteiger partial charge in [0.05, 0.1) is 30.9 Å². The Labute approximate surface area is 182 Å². The maximum absolute atomic E-state index is 13.5. The van der Waals surface area contributed by atoms with Gasteiger partial charge in [0.25, 0.3) is 11.5 Å². The van der Waals surface area contributed by atoms with Gasteiger partial charge in [0.1, 0.15) is 5.75 Å². The Morgan fingerprint density at radius 3 is 2.47 bits per heavy atom. The second kappa shape index (κ2) is 8.97. The average Bonchev–Trinajstić information content (AvgIpc) is 2.82. The molecule has 0 aliphatic carbocycles. The van der Waals surface area contributed by atoms with Crippen LogP contribution in [0.3, 0.4) is 0 Å². The number of rotatable bonds is 6. The molecule has 0 aliphatic heterocycles. The zero-order valence-corrected chi connectivity index (χ0v) is 17.1. The highest BCUT2D eigenvalue weighted by atomic mass is 19.2. The summed E-state index contributed by atoms with van der Waals surface area (Å²) in [5, 5.41) is 3.07. The standard InChI is InChI=1S/C24H19F2N3O3/c1-32-18-6-2-15(3-7-18)12-27-23(30)17-5-9-22-19(11-17)24(31)29(14-28-22)13-16-4-8-20(25)21(26)10-16/h2-11,14H,12-13H2,1H3,(H,27,30). The Bertz CT molecular complexity index is 1350. The van der Waals surface area contributed by atoms with Crippen molar-refractivity contribution >= 4 is 16.8 Å². The van der Waals surface area contributed by atoms with E-state index in [9.17, 15) is 18.4 Å². The molecular weight excluding hydrogens is 416 g/mol. The first-order valence-corrected chi connectivity index (χ1v) is 9.79. The highest BCUT2D eigenvalue weighted by Crippen LogP contribution is 2.14. The van der Waals surface area contributed by atoms with Gasteiger partial charge in [0.2, 0.25) is 0 Å². The average molecular weight is 435 g/mol. The molecule has 3 aromatic carbocycles. The van der Waals surface area contributed by atoms with Crippen molar-refractivity contribution in [1.82, 2.24) is 14.9 Å². The topological polar surface area (TPSA) is 73.2 Å². The third kappa shape index (κ3) is 4.49. The molecule has 1 amide bonds. The molecule has 0 saturated carbocycles. The minimum Gasteiger partial charge on any atom is -0.497 e. The fourth-order valence-electron chi connectivity index (χ4n) is 3.28. The van der Waals surface area contributed by atoms with Crippen molar-refractivity contribution in [3.8, 4) is 5.75 Å². The molecule has 0 aliphatic rings. The highest BCUT2D eigenvalue weighted by Gasteiger charge is 2.11. The first kappa shape index (κ1) is 21.2. The van der Waals surface area contributed by atoms with Gasteiger partial charge in [-0.15, -0.1) is 0 Å². The number of fused-ring (bicyclic) bond motifs is 1. The Morgan fingerprint density at radius 2 is 1.75 bits per heavy atom. The van der Waals surface area contributed by atoms with Gasteiger partial charge < -0.3 is 10.1 Å². The molecule has 0 saturated heterocycles. The quantitative estimate of drug-likeness (QED) is 0.502. The fraction of sp³-hybridized carbons (Fsp3) is 0.125. The van der Waals surface area contributed by atoms with Gasteiger partial charge in [-0.25, -0.2) is 13.8 Å². The zero-order valence-electron chi connectivity index (χ0n) is 17.1. The van der Waals surface area contributed by atoms with E-state index < -0.39 is 11.6 Å². The molecule has 1 heterocycles. The molecular formula is C24H19F2N3O3. The van der Waals surface area contributed by atoms with Crippen LogP contribution in [0.2, 0.25) is 0 Å². The summed E-state index contributed by atoms with van der Waals surface area (Å²) in [5.41, 5.74) is 1.68. The summed E-state index contributed by atoms with van der Waals surface area (Å²) in [7, 11) is 1.58. The van der Waals surface area contributed by atoms with Gasteiger partial charge in [-0.3, -0.25) is 14.2 Å². The number of hydrogen-bond donors (Lipinski definition) is 1. The van der Waals surface area contributed by atoms with Crippen LogP contribution < -0.4 is 15.6 Å². The van der Waals surface area contributed by atoms with E-state index >= 15 is 0 Å². The van der Waals surface area contributed by atoms with E-state index in [2.05, 4.69) is 10.3 Å². The number of benzene rings is 3. The summed E-state index contributed by atoms with van der Waals surface area (Å²) in [6, 6.07) is 15.4. The number of carbonyl (C=O) groups excluding carboxylic acids is 1. The second-order valence-electron chi connectivity index (χ2n) is 7.19. The smallest absolute Gasteiger partial charge is 0.261 e. The predicted molar refractivity (Wildman–Crippen MR) is 116 cm³/mol. The summed E-state index contributed by atoms with van der Waals surface area (Å²) < 4.78 is 33.0. The lowest BCUT2D eigenvalue weighted by Crippen LogP contribution is -2.24. The molecule has 0 unspecified atom stereocenters. The minimum absolute atomic E-state index is 0.0207. The van der Waals surface area contributed by atoms with E-state index in [4.69, 9.17) is 4.74 Å². The molecule has 1 aromatic heterocycles. The highest BCUT2D eigenvalue weighted by molar-refractivity contribution is 5.97. The molecule has 162 valence electrons. The van der Waals surface area contributed by atoms with Crippen LogP contribution in [0.15, 0.2) is 71.8 Å². The third-order valence-corrected chi connectivity index (χ3v) is 5.04. The molecule has 4 rings (SSSR count). The van der Waals surface area contributed by atoms with Gasteiger partial charge >= 0.3 is 0 Å². The summed E-state index contributed by atoms with van der Waals surface area (Å²) in [4.78, 5) is 29.8. The second-order valence-corrected chi connectivity index (χ2v) is 7.19. The van der Waals surface area contributed by atoms with Crippen molar-refractivity contribution in [2.24, 2.45) is 0 Å². The number of halogens is 2. The molecule has 8 heteroatoms. The molecule has 0 radical (unpaired) electrons. The maximum Gasteiger partial charge on any atom is 0.261 e. The number of hydrogen-bond acceptors (Lipinski definition) is 4. The molecule has 1 N–H and O–H groups in total. The monoisotopic (exact) mass is 435 g/mol. The summed E-state index contributed by atoms with van der Waals surface area (Å²) in [6.45, 7) is 0.334. The Hall–Kier alpha value is -4.07. The number of nitrogens with one attached hydrogen (secondary N) is 1. The molecule has 6 nitrogen and oxygen atoms in total. The van der Waals surface area contributed by atoms with Gasteiger partial charge in [-0.05, 0) is 53.6 Å². The maximum atomic E-state index is 13.5. The van der Waals surface area contributed by atoms with Crippen LogP contribution in [0, 0.1) is 11.6 Å². The minimum atomic E-state index is -0.986. The number of nitrogens with zero attached hydrogens (tertiary/aromatic N) is 2. The van der Waals surface area contributed by atoms with E-state index in [1.165, 1.54) is 23.0 Å². The Balaban J connectivity index is 1.55. The van der Waals surface area contributed by atoms with Crippen LogP contribution in [0.5, 0.6) is 5.75 Å². The van der Waals surface area contributed by atoms with Crippen molar-refractivity contribution in [3.63, 3.8) is 0 Å². The lowest BCUT2D eigenvalue weighted by molar-refractivity contribution is 0.0951. The van der Waals surface area contributed by atoms with Crippen molar-refractivity contribution in [2.45, 2.75) is 13.1 Å². The molecule has 4 aromatic rings. The van der Waals surface area contributed by atoms with E-state index in [0.29, 0.717) is 23.2 Å². The van der Waals surface area contributed by atoms with Gasteiger partial charge in [0.15, 0.2) is 11.6 Å². The normalized spacial score (nSPS) is 10.8. The van der Waals surface area contributed by atoms with E-state index in [1.807, 2.05) is 12.1 Å². The number of methoxy groups -OCH3 is 1. The first-order valence-electron chi connectivity index (χ1n) is 9.79. The van der Waals surface area contributed by atoms with Crippen LogP contribution in [-0.4, -0.2) is 22.6 Å². The van der Waals surface area contributed by atoms with Gasteiger partial charge in [-0.2, -0.15) is 0 Å². The largest absolute Gasteiger partial charge is 0.497 e. The summed E-state index contributed by atoms with van der Waals surface area (Å²) >= 11 is 0. The van der Waals surface area contributed by atoms with Crippen LogP contribution in [-0.2, 0) is 13.1 Å². The molecule has 0 atom stereocenters. The van der Waals surface area contributed by atoms with Crippen LogP contribution >= 0.6 is 0 Å². The van der Waals surface area contributed by atoms with Crippen molar-refractivity contribution in [2.75, 3.05) is 7.11 Å². The van der Waals surface area contributed by atoms with Crippen LogP contribution in [0.1, 0.15) is 21.5 Å². The SMILES string of the molecule is COc1ccc(CNC(=O)c2ccc3ncn(Cc4ccc(F)c(F)c4)c(=O)c3c2)cc1. The predicted octanol–water partition coefficient (Wildman–Crippen LogP) is 3.66. The number of amides is 1. The Kier molecular flexibility index (Phi) is 5.93. The molecule has 0 fully saturated rings. The first-order chi connectivity index (χ1) is 15.4.